The highest BCUT2D eigenvalue weighted by Crippen LogP contribution is 2.09. The summed E-state index contributed by atoms with van der Waals surface area (Å²) in [6.45, 7) is 0.874. The van der Waals surface area contributed by atoms with Gasteiger partial charge in [-0.1, -0.05) is 0 Å². The van der Waals surface area contributed by atoms with Crippen LogP contribution in [0.1, 0.15) is 27.8 Å². The largest absolute Gasteiger partial charge is 0.451 e. The maximum absolute atomic E-state index is 12.7. The van der Waals surface area contributed by atoms with Gasteiger partial charge in [-0.15, -0.1) is 0 Å². The van der Waals surface area contributed by atoms with Gasteiger partial charge in [0.15, 0.2) is 12.4 Å². The summed E-state index contributed by atoms with van der Waals surface area (Å²) in [5.41, 5.74) is 0.823. The van der Waals surface area contributed by atoms with E-state index in [1.807, 2.05) is 0 Å². The minimum absolute atomic E-state index is 0.0831. The number of ketones is 1. The van der Waals surface area contributed by atoms with E-state index in [0.717, 1.165) is 0 Å². The number of hydrogen-bond acceptors (Lipinski definition) is 4. The molecule has 2 N–H and O–H groups in total. The van der Waals surface area contributed by atoms with E-state index in [4.69, 9.17) is 4.74 Å². The fraction of sp³-hybridized carbons (Fsp3) is 0.133. The molecular formula is C15H13FN2O4. The number of aromatic amines is 1. The van der Waals surface area contributed by atoms with Crippen molar-refractivity contribution in [3.63, 3.8) is 0 Å². The number of aromatic nitrogens is 1. The number of rotatable bonds is 5. The lowest BCUT2D eigenvalue weighted by Crippen LogP contribution is -2.21. The first kappa shape index (κ1) is 15.4. The molecule has 0 aliphatic heterocycles. The summed E-state index contributed by atoms with van der Waals surface area (Å²) in [6, 6.07) is 6.52. The van der Waals surface area contributed by atoms with Crippen molar-refractivity contribution in [2.24, 2.45) is 0 Å². The molecule has 1 heterocycles. The Kier molecular flexibility index (Phi) is 4.67. The summed E-state index contributed by atoms with van der Waals surface area (Å²) >= 11 is 0. The Bertz CT molecular complexity index is 707. The van der Waals surface area contributed by atoms with Gasteiger partial charge in [0.05, 0.1) is 0 Å². The van der Waals surface area contributed by atoms with Crippen molar-refractivity contribution in [2.75, 3.05) is 11.9 Å². The Hall–Kier alpha value is -2.96. The maximum atomic E-state index is 12.7. The van der Waals surface area contributed by atoms with Gasteiger partial charge >= 0.3 is 5.97 Å². The summed E-state index contributed by atoms with van der Waals surface area (Å²) in [7, 11) is 0. The van der Waals surface area contributed by atoms with Gasteiger partial charge in [0, 0.05) is 17.4 Å². The molecule has 0 atom stereocenters. The van der Waals surface area contributed by atoms with Crippen molar-refractivity contribution in [1.82, 2.24) is 4.98 Å². The highest BCUT2D eigenvalue weighted by molar-refractivity contribution is 5.98. The van der Waals surface area contributed by atoms with E-state index in [9.17, 15) is 18.8 Å². The van der Waals surface area contributed by atoms with E-state index in [2.05, 4.69) is 10.3 Å². The van der Waals surface area contributed by atoms with Crippen molar-refractivity contribution in [2.45, 2.75) is 6.92 Å². The van der Waals surface area contributed by atoms with Crippen molar-refractivity contribution >= 4 is 23.3 Å². The molecule has 0 radical (unpaired) electrons. The first-order valence-corrected chi connectivity index (χ1v) is 6.37. The summed E-state index contributed by atoms with van der Waals surface area (Å²) in [6.07, 6.45) is 1.39. The summed E-state index contributed by atoms with van der Waals surface area (Å²) < 4.78 is 17.5. The predicted octanol–water partition coefficient (Wildman–Crippen LogP) is 2.15. The topological polar surface area (TPSA) is 88.3 Å². The molecule has 0 saturated heterocycles. The van der Waals surface area contributed by atoms with E-state index >= 15 is 0 Å². The number of carbonyl (C=O) groups excluding carboxylic acids is 3. The minimum Gasteiger partial charge on any atom is -0.451 e. The van der Waals surface area contributed by atoms with Crippen LogP contribution in [-0.2, 0) is 9.53 Å². The van der Waals surface area contributed by atoms with Gasteiger partial charge in [-0.2, -0.15) is 0 Å². The average Bonchev–Trinajstić information content (AvgIpc) is 2.97. The maximum Gasteiger partial charge on any atom is 0.355 e. The highest BCUT2D eigenvalue weighted by atomic mass is 19.1. The molecule has 2 aromatic rings. The van der Waals surface area contributed by atoms with Gasteiger partial charge in [-0.05, 0) is 37.3 Å². The van der Waals surface area contributed by atoms with Crippen molar-refractivity contribution in [3.8, 4) is 0 Å². The summed E-state index contributed by atoms with van der Waals surface area (Å²) in [5.74, 6) is -1.91. The molecule has 22 heavy (non-hydrogen) atoms. The third-order valence-electron chi connectivity index (χ3n) is 2.77. The predicted molar refractivity (Wildman–Crippen MR) is 76.1 cm³/mol. The van der Waals surface area contributed by atoms with Crippen LogP contribution in [0.2, 0.25) is 0 Å². The number of H-pyrrole nitrogens is 1. The van der Waals surface area contributed by atoms with E-state index in [1.165, 1.54) is 43.5 Å². The Balaban J connectivity index is 1.86. The van der Waals surface area contributed by atoms with Gasteiger partial charge in [0.25, 0.3) is 5.91 Å². The molecule has 0 unspecified atom stereocenters. The molecular weight excluding hydrogens is 291 g/mol. The molecule has 0 fully saturated rings. The van der Waals surface area contributed by atoms with E-state index in [0.29, 0.717) is 11.3 Å². The van der Waals surface area contributed by atoms with Crippen molar-refractivity contribution in [1.29, 1.82) is 0 Å². The first-order chi connectivity index (χ1) is 10.5. The molecule has 0 aliphatic rings. The zero-order valence-electron chi connectivity index (χ0n) is 11.7. The van der Waals surface area contributed by atoms with Crippen LogP contribution in [0.15, 0.2) is 36.5 Å². The van der Waals surface area contributed by atoms with Gasteiger partial charge in [0.2, 0.25) is 0 Å². The third kappa shape index (κ3) is 4.02. The molecule has 114 valence electrons. The van der Waals surface area contributed by atoms with Gasteiger partial charge < -0.3 is 15.0 Å². The minimum atomic E-state index is -0.748. The molecule has 0 saturated carbocycles. The molecule has 1 amide bonds. The van der Waals surface area contributed by atoms with Crippen LogP contribution in [0.25, 0.3) is 0 Å². The lowest BCUT2D eigenvalue weighted by atomic mass is 10.2. The number of ether oxygens (including phenoxy) is 1. The number of halogens is 1. The lowest BCUT2D eigenvalue weighted by Gasteiger charge is -2.05. The third-order valence-corrected chi connectivity index (χ3v) is 2.77. The number of anilines is 1. The van der Waals surface area contributed by atoms with Crippen molar-refractivity contribution < 1.29 is 23.5 Å². The second-order valence-electron chi connectivity index (χ2n) is 4.49. The van der Waals surface area contributed by atoms with Crippen LogP contribution in [0.5, 0.6) is 0 Å². The molecule has 2 rings (SSSR count). The van der Waals surface area contributed by atoms with Crippen LogP contribution in [0.3, 0.4) is 0 Å². The average molecular weight is 304 g/mol. The smallest absolute Gasteiger partial charge is 0.355 e. The zero-order chi connectivity index (χ0) is 16.1. The number of benzene rings is 1. The van der Waals surface area contributed by atoms with E-state index < -0.39 is 24.3 Å². The van der Waals surface area contributed by atoms with Crippen LogP contribution < -0.4 is 5.32 Å². The molecule has 1 aromatic heterocycles. The summed E-state index contributed by atoms with van der Waals surface area (Å²) in [5, 5.41) is 2.45. The number of amides is 1. The van der Waals surface area contributed by atoms with Gasteiger partial charge in [-0.25, -0.2) is 9.18 Å². The molecule has 6 nitrogen and oxygen atoms in total. The van der Waals surface area contributed by atoms with Crippen LogP contribution in [0, 0.1) is 5.82 Å². The molecule has 0 spiro atoms. The standard InChI is InChI=1S/C15H13FN2O4/c1-9(19)10-6-13(17-7-10)15(21)22-8-14(20)18-12-4-2-11(16)3-5-12/h2-7,17H,8H2,1H3,(H,18,20). The highest BCUT2D eigenvalue weighted by Gasteiger charge is 2.13. The fourth-order valence-electron chi connectivity index (χ4n) is 1.65. The van der Waals surface area contributed by atoms with Crippen LogP contribution in [-0.4, -0.2) is 29.3 Å². The van der Waals surface area contributed by atoms with E-state index in [1.54, 1.807) is 0 Å². The molecule has 7 heteroatoms. The Morgan fingerprint density at radius 3 is 2.50 bits per heavy atom. The Labute approximate surface area is 125 Å². The molecule has 0 aliphatic carbocycles. The SMILES string of the molecule is CC(=O)c1c[nH]c(C(=O)OCC(=O)Nc2ccc(F)cc2)c1. The summed E-state index contributed by atoms with van der Waals surface area (Å²) in [4.78, 5) is 37.0. The Morgan fingerprint density at radius 1 is 1.23 bits per heavy atom. The molecule has 0 bridgehead atoms. The first-order valence-electron chi connectivity index (χ1n) is 6.37. The normalized spacial score (nSPS) is 10.1. The fourth-order valence-corrected chi connectivity index (χ4v) is 1.65. The lowest BCUT2D eigenvalue weighted by molar-refractivity contribution is -0.119. The van der Waals surface area contributed by atoms with Crippen molar-refractivity contribution in [3.05, 3.63) is 53.6 Å². The second kappa shape index (κ2) is 6.66. The number of esters is 1. The quantitative estimate of drug-likeness (QED) is 0.654. The second-order valence-corrected chi connectivity index (χ2v) is 4.49. The van der Waals surface area contributed by atoms with Gasteiger partial charge in [-0.3, -0.25) is 9.59 Å². The number of carbonyl (C=O) groups is 3. The van der Waals surface area contributed by atoms with Crippen LogP contribution in [0.4, 0.5) is 10.1 Å². The van der Waals surface area contributed by atoms with E-state index in [-0.39, 0.29) is 11.5 Å². The number of Topliss-reactive ketones (excluding diaryl/α,β-unsaturated/α-hetero) is 1. The number of nitrogens with one attached hydrogen (secondary N) is 2. The molecule has 1 aromatic carbocycles. The zero-order valence-corrected chi connectivity index (χ0v) is 11.7. The Morgan fingerprint density at radius 2 is 1.91 bits per heavy atom. The van der Waals surface area contributed by atoms with Crippen LogP contribution >= 0.6 is 0 Å². The monoisotopic (exact) mass is 304 g/mol. The van der Waals surface area contributed by atoms with Gasteiger partial charge in [0.1, 0.15) is 11.5 Å². The number of hydrogen-bond donors (Lipinski definition) is 2.